The molecule has 0 N–H and O–H groups in total. The third kappa shape index (κ3) is 2.60. The van der Waals surface area contributed by atoms with Crippen molar-refractivity contribution in [2.75, 3.05) is 0 Å². The van der Waals surface area contributed by atoms with Gasteiger partial charge in [-0.15, -0.1) is 0 Å². The van der Waals surface area contributed by atoms with Gasteiger partial charge in [-0.1, -0.05) is 34.1 Å². The first-order chi connectivity index (χ1) is 9.25. The van der Waals surface area contributed by atoms with Crippen LogP contribution in [-0.4, -0.2) is 4.98 Å². The van der Waals surface area contributed by atoms with Crippen LogP contribution in [0.5, 0.6) is 11.6 Å². The van der Waals surface area contributed by atoms with E-state index < -0.39 is 0 Å². The maximum atomic E-state index is 5.94. The molecule has 4 heteroatoms. The van der Waals surface area contributed by atoms with Gasteiger partial charge in [0.2, 0.25) is 5.88 Å². The monoisotopic (exact) mass is 425 g/mol. The maximum Gasteiger partial charge on any atom is 0.227 e. The number of hydrogen-bond donors (Lipinski definition) is 0. The van der Waals surface area contributed by atoms with E-state index in [-0.39, 0.29) is 0 Å². The largest absolute Gasteiger partial charge is 0.437 e. The lowest BCUT2D eigenvalue weighted by atomic mass is 10.2. The standard InChI is InChI=1S/C15H9BrINO/c16-12-5-3-4-11-10(12)8-9-18-15(11)19-14-7-2-1-6-13(14)17/h1-9H. The normalized spacial score (nSPS) is 10.6. The molecule has 19 heavy (non-hydrogen) atoms. The first-order valence-electron chi connectivity index (χ1n) is 5.71. The van der Waals surface area contributed by atoms with Crippen LogP contribution in [0.15, 0.2) is 59.2 Å². The van der Waals surface area contributed by atoms with E-state index in [0.717, 1.165) is 24.6 Å². The molecular weight excluding hydrogens is 417 g/mol. The molecule has 0 saturated carbocycles. The van der Waals surface area contributed by atoms with Crippen LogP contribution in [0.2, 0.25) is 0 Å². The Morgan fingerprint density at radius 1 is 0.947 bits per heavy atom. The van der Waals surface area contributed by atoms with Gasteiger partial charge in [0.05, 0.1) is 3.57 Å². The van der Waals surface area contributed by atoms with E-state index in [4.69, 9.17) is 4.74 Å². The summed E-state index contributed by atoms with van der Waals surface area (Å²) in [6.07, 6.45) is 1.76. The lowest BCUT2D eigenvalue weighted by Crippen LogP contribution is -1.91. The van der Waals surface area contributed by atoms with Crippen LogP contribution in [0.4, 0.5) is 0 Å². The smallest absolute Gasteiger partial charge is 0.227 e. The van der Waals surface area contributed by atoms with E-state index >= 15 is 0 Å². The molecule has 3 aromatic rings. The molecule has 0 amide bonds. The number of fused-ring (bicyclic) bond motifs is 1. The number of ether oxygens (including phenoxy) is 1. The van der Waals surface area contributed by atoms with Gasteiger partial charge in [0.1, 0.15) is 5.75 Å². The molecule has 3 rings (SSSR count). The summed E-state index contributed by atoms with van der Waals surface area (Å²) >= 11 is 5.80. The molecule has 1 heterocycles. The predicted octanol–water partition coefficient (Wildman–Crippen LogP) is 5.39. The van der Waals surface area contributed by atoms with Gasteiger partial charge in [-0.05, 0) is 52.9 Å². The van der Waals surface area contributed by atoms with Crippen molar-refractivity contribution in [3.63, 3.8) is 0 Å². The van der Waals surface area contributed by atoms with Crippen molar-refractivity contribution in [3.05, 3.63) is 62.8 Å². The molecule has 0 saturated heterocycles. The molecule has 2 nitrogen and oxygen atoms in total. The first kappa shape index (κ1) is 12.9. The van der Waals surface area contributed by atoms with E-state index in [1.165, 1.54) is 0 Å². The van der Waals surface area contributed by atoms with E-state index in [9.17, 15) is 0 Å². The summed E-state index contributed by atoms with van der Waals surface area (Å²) in [5, 5.41) is 2.09. The van der Waals surface area contributed by atoms with Crippen molar-refractivity contribution in [3.8, 4) is 11.6 Å². The Kier molecular flexibility index (Phi) is 3.70. The number of halogens is 2. The lowest BCUT2D eigenvalue weighted by molar-refractivity contribution is 0.466. The number of benzene rings is 2. The summed E-state index contributed by atoms with van der Waals surface area (Å²) in [4.78, 5) is 4.34. The van der Waals surface area contributed by atoms with E-state index in [0.29, 0.717) is 5.88 Å². The summed E-state index contributed by atoms with van der Waals surface area (Å²) in [5.41, 5.74) is 0. The highest BCUT2D eigenvalue weighted by molar-refractivity contribution is 14.1. The second kappa shape index (κ2) is 5.46. The van der Waals surface area contributed by atoms with Gasteiger partial charge in [0.15, 0.2) is 0 Å². The van der Waals surface area contributed by atoms with Crippen LogP contribution in [0.25, 0.3) is 10.8 Å². The Hall–Kier alpha value is -1.14. The van der Waals surface area contributed by atoms with Crippen LogP contribution < -0.4 is 4.74 Å². The van der Waals surface area contributed by atoms with Gasteiger partial charge in [0.25, 0.3) is 0 Å². The molecule has 1 aromatic heterocycles. The Balaban J connectivity index is 2.12. The molecule has 0 aliphatic rings. The van der Waals surface area contributed by atoms with Crippen molar-refractivity contribution < 1.29 is 4.74 Å². The molecule has 0 atom stereocenters. The number of para-hydroxylation sites is 1. The van der Waals surface area contributed by atoms with Crippen LogP contribution in [-0.2, 0) is 0 Å². The zero-order valence-corrected chi connectivity index (χ0v) is 13.6. The van der Waals surface area contributed by atoms with Gasteiger partial charge in [-0.2, -0.15) is 0 Å². The van der Waals surface area contributed by atoms with E-state index in [1.807, 2.05) is 48.5 Å². The van der Waals surface area contributed by atoms with Crippen LogP contribution >= 0.6 is 38.5 Å². The van der Waals surface area contributed by atoms with Crippen LogP contribution in [0, 0.1) is 3.57 Å². The highest BCUT2D eigenvalue weighted by atomic mass is 127. The Morgan fingerprint density at radius 3 is 2.63 bits per heavy atom. The van der Waals surface area contributed by atoms with Gasteiger partial charge < -0.3 is 4.74 Å². The molecule has 0 fully saturated rings. The first-order valence-corrected chi connectivity index (χ1v) is 7.58. The number of hydrogen-bond acceptors (Lipinski definition) is 2. The zero-order valence-electron chi connectivity index (χ0n) is 9.81. The molecule has 0 unspecified atom stereocenters. The summed E-state index contributed by atoms with van der Waals surface area (Å²) in [6, 6.07) is 15.9. The van der Waals surface area contributed by atoms with Gasteiger partial charge in [0, 0.05) is 21.4 Å². The van der Waals surface area contributed by atoms with E-state index in [1.54, 1.807) is 6.20 Å². The fourth-order valence-electron chi connectivity index (χ4n) is 1.85. The Morgan fingerprint density at radius 2 is 1.79 bits per heavy atom. The molecule has 94 valence electrons. The van der Waals surface area contributed by atoms with Gasteiger partial charge >= 0.3 is 0 Å². The topological polar surface area (TPSA) is 22.1 Å². The highest BCUT2D eigenvalue weighted by Gasteiger charge is 2.08. The number of aromatic nitrogens is 1. The maximum absolute atomic E-state index is 5.94. The molecule has 2 aromatic carbocycles. The average molecular weight is 426 g/mol. The third-order valence-electron chi connectivity index (χ3n) is 2.76. The second-order valence-corrected chi connectivity index (χ2v) is 6.00. The Bertz CT molecular complexity index is 745. The molecule has 0 aliphatic carbocycles. The molecule has 0 spiro atoms. The summed E-state index contributed by atoms with van der Waals surface area (Å²) in [7, 11) is 0. The number of nitrogens with zero attached hydrogens (tertiary/aromatic N) is 1. The fraction of sp³-hybridized carbons (Fsp3) is 0. The summed E-state index contributed by atoms with van der Waals surface area (Å²) in [5.74, 6) is 1.45. The third-order valence-corrected chi connectivity index (χ3v) is 4.34. The minimum Gasteiger partial charge on any atom is -0.437 e. The Labute approximate surface area is 133 Å². The van der Waals surface area contributed by atoms with Crippen molar-refractivity contribution in [1.82, 2.24) is 4.98 Å². The molecule has 0 radical (unpaired) electrons. The minimum absolute atomic E-state index is 0.628. The number of pyridine rings is 1. The van der Waals surface area contributed by atoms with Crippen molar-refractivity contribution in [2.24, 2.45) is 0 Å². The predicted molar refractivity (Wildman–Crippen MR) is 88.7 cm³/mol. The highest BCUT2D eigenvalue weighted by Crippen LogP contribution is 2.32. The summed E-state index contributed by atoms with van der Waals surface area (Å²) < 4.78 is 8.04. The molecule has 0 bridgehead atoms. The SMILES string of the molecule is Brc1cccc2c(Oc3ccccc3I)nccc12. The lowest BCUT2D eigenvalue weighted by Gasteiger charge is -2.09. The summed E-state index contributed by atoms with van der Waals surface area (Å²) in [6.45, 7) is 0. The fourth-order valence-corrected chi connectivity index (χ4v) is 2.85. The minimum atomic E-state index is 0.628. The van der Waals surface area contributed by atoms with Gasteiger partial charge in [-0.25, -0.2) is 4.98 Å². The second-order valence-electron chi connectivity index (χ2n) is 3.98. The quantitative estimate of drug-likeness (QED) is 0.513. The number of rotatable bonds is 2. The van der Waals surface area contributed by atoms with Crippen molar-refractivity contribution in [2.45, 2.75) is 0 Å². The molecular formula is C15H9BrINO. The molecule has 0 aliphatic heterocycles. The van der Waals surface area contributed by atoms with Crippen LogP contribution in [0.1, 0.15) is 0 Å². The average Bonchev–Trinajstić information content (AvgIpc) is 2.42. The van der Waals surface area contributed by atoms with E-state index in [2.05, 4.69) is 43.5 Å². The van der Waals surface area contributed by atoms with Crippen molar-refractivity contribution >= 4 is 49.3 Å². The van der Waals surface area contributed by atoms with Crippen molar-refractivity contribution in [1.29, 1.82) is 0 Å². The van der Waals surface area contributed by atoms with Crippen LogP contribution in [0.3, 0.4) is 0 Å². The van der Waals surface area contributed by atoms with Gasteiger partial charge in [-0.3, -0.25) is 0 Å². The zero-order chi connectivity index (χ0) is 13.2.